The zero-order valence-corrected chi connectivity index (χ0v) is 13.1. The molecule has 2 aromatic rings. The highest BCUT2D eigenvalue weighted by atomic mass is 35.5. The van der Waals surface area contributed by atoms with Gasteiger partial charge in [0.2, 0.25) is 0 Å². The molecule has 0 aliphatic heterocycles. The number of hydrogen-bond acceptors (Lipinski definition) is 3. The van der Waals surface area contributed by atoms with E-state index in [1.165, 1.54) is 12.1 Å². The lowest BCUT2D eigenvalue weighted by molar-refractivity contribution is 0.0526. The van der Waals surface area contributed by atoms with Crippen molar-refractivity contribution in [3.8, 4) is 11.3 Å². The third-order valence-corrected chi connectivity index (χ3v) is 3.47. The first kappa shape index (κ1) is 16.1. The van der Waals surface area contributed by atoms with Crippen LogP contribution in [0.3, 0.4) is 0 Å². The van der Waals surface area contributed by atoms with Crippen molar-refractivity contribution in [3.05, 3.63) is 46.6 Å². The average Bonchev–Trinajstić information content (AvgIpc) is 2.91. The molecule has 5 nitrogen and oxygen atoms in total. The van der Waals surface area contributed by atoms with Crippen LogP contribution in [-0.2, 0) is 11.3 Å². The summed E-state index contributed by atoms with van der Waals surface area (Å²) < 4.78 is 6.78. The standard InChI is InChI=1S/C16H16ClNO4/c1-3-18-9-10(16(21)22-4-2)7-14(18)13-8-11(17)5-6-12(13)15(19)20/h5-9H,3-4H2,1-2H3,(H,19,20). The van der Waals surface area contributed by atoms with Crippen LogP contribution in [0.5, 0.6) is 0 Å². The van der Waals surface area contributed by atoms with Crippen LogP contribution in [-0.4, -0.2) is 28.2 Å². The molecule has 1 N–H and O–H groups in total. The first-order valence-electron chi connectivity index (χ1n) is 6.88. The number of carboxylic acid groups (broad SMARTS) is 1. The van der Waals surface area contributed by atoms with Crippen LogP contribution in [0, 0.1) is 0 Å². The fourth-order valence-corrected chi connectivity index (χ4v) is 2.41. The van der Waals surface area contributed by atoms with Gasteiger partial charge in [0, 0.05) is 29.0 Å². The molecule has 0 unspecified atom stereocenters. The van der Waals surface area contributed by atoms with E-state index in [1.54, 1.807) is 29.8 Å². The van der Waals surface area contributed by atoms with Gasteiger partial charge in [-0.2, -0.15) is 0 Å². The second-order valence-corrected chi connectivity index (χ2v) is 5.05. The summed E-state index contributed by atoms with van der Waals surface area (Å²) in [5.41, 5.74) is 1.60. The second-order valence-electron chi connectivity index (χ2n) is 4.62. The van der Waals surface area contributed by atoms with Gasteiger partial charge >= 0.3 is 11.9 Å². The number of esters is 1. The summed E-state index contributed by atoms with van der Waals surface area (Å²) in [6.45, 7) is 4.50. The zero-order valence-electron chi connectivity index (χ0n) is 12.3. The Morgan fingerprint density at radius 3 is 2.59 bits per heavy atom. The summed E-state index contributed by atoms with van der Waals surface area (Å²) in [6, 6.07) is 6.19. The Labute approximate surface area is 133 Å². The number of hydrogen-bond donors (Lipinski definition) is 1. The smallest absolute Gasteiger partial charge is 0.339 e. The van der Waals surface area contributed by atoms with E-state index in [0.717, 1.165) is 0 Å². The Balaban J connectivity index is 2.59. The van der Waals surface area contributed by atoms with Crippen molar-refractivity contribution >= 4 is 23.5 Å². The minimum absolute atomic E-state index is 0.132. The number of carbonyl (C=O) groups excluding carboxylic acids is 1. The van der Waals surface area contributed by atoms with Gasteiger partial charge in [-0.15, -0.1) is 0 Å². The number of carbonyl (C=O) groups is 2. The van der Waals surface area contributed by atoms with Gasteiger partial charge in [0.05, 0.1) is 17.7 Å². The van der Waals surface area contributed by atoms with Crippen molar-refractivity contribution in [2.75, 3.05) is 6.61 Å². The monoisotopic (exact) mass is 321 g/mol. The van der Waals surface area contributed by atoms with Gasteiger partial charge in [-0.05, 0) is 38.1 Å². The largest absolute Gasteiger partial charge is 0.478 e. The molecule has 1 aromatic heterocycles. The first-order valence-corrected chi connectivity index (χ1v) is 7.26. The molecule has 0 spiro atoms. The Hall–Kier alpha value is -2.27. The molecule has 0 amide bonds. The Morgan fingerprint density at radius 2 is 2.00 bits per heavy atom. The maximum Gasteiger partial charge on any atom is 0.339 e. The van der Waals surface area contributed by atoms with Crippen molar-refractivity contribution in [2.45, 2.75) is 20.4 Å². The number of halogens is 1. The lowest BCUT2D eigenvalue weighted by Crippen LogP contribution is -2.03. The normalized spacial score (nSPS) is 10.5. The summed E-state index contributed by atoms with van der Waals surface area (Å²) in [5, 5.41) is 9.77. The van der Waals surface area contributed by atoms with Crippen LogP contribution >= 0.6 is 11.6 Å². The fourth-order valence-electron chi connectivity index (χ4n) is 2.24. The lowest BCUT2D eigenvalue weighted by atomic mass is 10.0. The minimum Gasteiger partial charge on any atom is -0.478 e. The van der Waals surface area contributed by atoms with E-state index in [-0.39, 0.29) is 12.2 Å². The van der Waals surface area contributed by atoms with E-state index < -0.39 is 11.9 Å². The summed E-state index contributed by atoms with van der Waals surface area (Å²) in [5.74, 6) is -1.48. The molecule has 0 bridgehead atoms. The van der Waals surface area contributed by atoms with Gasteiger partial charge in [0.25, 0.3) is 0 Å². The molecule has 1 heterocycles. The van der Waals surface area contributed by atoms with E-state index >= 15 is 0 Å². The predicted molar refractivity (Wildman–Crippen MR) is 83.5 cm³/mol. The topological polar surface area (TPSA) is 68.5 Å². The summed E-state index contributed by atoms with van der Waals surface area (Å²) in [4.78, 5) is 23.3. The number of aromatic carboxylic acids is 1. The van der Waals surface area contributed by atoms with Gasteiger partial charge in [0.1, 0.15) is 0 Å². The molecule has 2 rings (SSSR count). The predicted octanol–water partition coefficient (Wildman–Crippen LogP) is 3.70. The van der Waals surface area contributed by atoms with E-state index in [9.17, 15) is 14.7 Å². The number of benzene rings is 1. The Kier molecular flexibility index (Phi) is 4.88. The van der Waals surface area contributed by atoms with Crippen molar-refractivity contribution in [2.24, 2.45) is 0 Å². The Bertz CT molecular complexity index is 721. The second kappa shape index (κ2) is 6.66. The van der Waals surface area contributed by atoms with Gasteiger partial charge in [-0.1, -0.05) is 11.6 Å². The van der Waals surface area contributed by atoms with Crippen LogP contribution in [0.4, 0.5) is 0 Å². The van der Waals surface area contributed by atoms with E-state index in [1.807, 2.05) is 6.92 Å². The molecule has 6 heteroatoms. The molecule has 1 aromatic carbocycles. The highest BCUT2D eigenvalue weighted by molar-refractivity contribution is 6.31. The maximum atomic E-state index is 11.9. The number of rotatable bonds is 5. The van der Waals surface area contributed by atoms with Crippen molar-refractivity contribution in [1.82, 2.24) is 4.57 Å². The van der Waals surface area contributed by atoms with Gasteiger partial charge in [-0.25, -0.2) is 9.59 Å². The summed E-state index contributed by atoms with van der Waals surface area (Å²) in [6.07, 6.45) is 1.65. The molecular weight excluding hydrogens is 306 g/mol. The zero-order chi connectivity index (χ0) is 16.3. The summed E-state index contributed by atoms with van der Waals surface area (Å²) >= 11 is 5.99. The number of aryl methyl sites for hydroxylation is 1. The van der Waals surface area contributed by atoms with E-state index in [0.29, 0.717) is 28.4 Å². The van der Waals surface area contributed by atoms with Gasteiger partial charge in [0.15, 0.2) is 0 Å². The highest BCUT2D eigenvalue weighted by Gasteiger charge is 2.18. The van der Waals surface area contributed by atoms with Crippen LogP contribution in [0.25, 0.3) is 11.3 Å². The van der Waals surface area contributed by atoms with Crippen molar-refractivity contribution in [3.63, 3.8) is 0 Å². The molecule has 0 radical (unpaired) electrons. The van der Waals surface area contributed by atoms with Crippen LogP contribution < -0.4 is 0 Å². The molecule has 0 saturated heterocycles. The third-order valence-electron chi connectivity index (χ3n) is 3.24. The Morgan fingerprint density at radius 1 is 1.27 bits per heavy atom. The third kappa shape index (κ3) is 3.14. The van der Waals surface area contributed by atoms with E-state index in [4.69, 9.17) is 16.3 Å². The SMILES string of the molecule is CCOC(=O)c1cc(-c2cc(Cl)ccc2C(=O)O)n(CC)c1. The molecule has 0 aliphatic carbocycles. The van der Waals surface area contributed by atoms with Crippen molar-refractivity contribution < 1.29 is 19.4 Å². The number of ether oxygens (including phenoxy) is 1. The van der Waals surface area contributed by atoms with Crippen molar-refractivity contribution in [1.29, 1.82) is 0 Å². The highest BCUT2D eigenvalue weighted by Crippen LogP contribution is 2.29. The van der Waals surface area contributed by atoms with E-state index in [2.05, 4.69) is 0 Å². The molecule has 0 fully saturated rings. The van der Waals surface area contributed by atoms with Crippen LogP contribution in [0.15, 0.2) is 30.5 Å². The molecule has 116 valence electrons. The quantitative estimate of drug-likeness (QED) is 0.852. The van der Waals surface area contributed by atoms with Crippen LogP contribution in [0.1, 0.15) is 34.6 Å². The molecule has 0 saturated carbocycles. The fraction of sp³-hybridized carbons (Fsp3) is 0.250. The van der Waals surface area contributed by atoms with Gasteiger partial charge in [-0.3, -0.25) is 0 Å². The molecule has 0 aliphatic rings. The first-order chi connectivity index (χ1) is 10.5. The lowest BCUT2D eigenvalue weighted by Gasteiger charge is -2.09. The molecule has 0 atom stereocenters. The van der Waals surface area contributed by atoms with Crippen LogP contribution in [0.2, 0.25) is 5.02 Å². The number of nitrogens with zero attached hydrogens (tertiary/aromatic N) is 1. The molecule has 22 heavy (non-hydrogen) atoms. The van der Waals surface area contributed by atoms with Gasteiger partial charge < -0.3 is 14.4 Å². The summed E-state index contributed by atoms with van der Waals surface area (Å²) in [7, 11) is 0. The minimum atomic E-state index is -1.05. The molecular formula is C16H16ClNO4. The average molecular weight is 322 g/mol. The number of aromatic nitrogens is 1. The number of carboxylic acids is 1. The maximum absolute atomic E-state index is 11.9.